The molecule has 0 aliphatic carbocycles. The summed E-state index contributed by atoms with van der Waals surface area (Å²) in [7, 11) is 0. The van der Waals surface area contributed by atoms with E-state index in [1.165, 1.54) is 12.3 Å². The zero-order valence-electron chi connectivity index (χ0n) is 10.7. The Balaban J connectivity index is 2.40. The standard InChI is InChI=1S/C15H9N3O3/c19-13-8-12-15(9-4-3-7-16-14(9)13)18(21)11-6-2-1-5-10(11)17(12)20/h1-8,19H. The van der Waals surface area contributed by atoms with Crippen LogP contribution in [0.3, 0.4) is 0 Å². The van der Waals surface area contributed by atoms with Crippen molar-refractivity contribution in [1.82, 2.24) is 4.98 Å². The molecule has 0 fully saturated rings. The average molecular weight is 279 g/mol. The lowest BCUT2D eigenvalue weighted by atomic mass is 10.1. The topological polar surface area (TPSA) is 87.0 Å². The highest BCUT2D eigenvalue weighted by Crippen LogP contribution is 2.28. The van der Waals surface area contributed by atoms with Gasteiger partial charge in [0.15, 0.2) is 0 Å². The Bertz CT molecular complexity index is 1030. The molecule has 0 unspecified atom stereocenters. The van der Waals surface area contributed by atoms with Gasteiger partial charge in [-0.1, -0.05) is 12.1 Å². The number of phenols is 1. The molecule has 0 saturated carbocycles. The minimum Gasteiger partial charge on any atom is -0.617 e. The molecule has 2 aromatic heterocycles. The van der Waals surface area contributed by atoms with Crippen molar-refractivity contribution in [2.75, 3.05) is 0 Å². The molecule has 2 aromatic carbocycles. The monoisotopic (exact) mass is 279 g/mol. The van der Waals surface area contributed by atoms with Gasteiger partial charge >= 0.3 is 0 Å². The average Bonchev–Trinajstić information content (AvgIpc) is 2.53. The normalized spacial score (nSPS) is 11.4. The predicted molar refractivity (Wildman–Crippen MR) is 76.3 cm³/mol. The van der Waals surface area contributed by atoms with E-state index in [2.05, 4.69) is 4.98 Å². The number of phenolic OH excluding ortho intramolecular Hbond substituents is 1. The van der Waals surface area contributed by atoms with Crippen molar-refractivity contribution in [2.45, 2.75) is 0 Å². The van der Waals surface area contributed by atoms with Gasteiger partial charge in [0.05, 0.1) is 11.5 Å². The van der Waals surface area contributed by atoms with Crippen molar-refractivity contribution >= 4 is 33.0 Å². The van der Waals surface area contributed by atoms with Gasteiger partial charge in [-0.05, 0) is 12.1 Å². The summed E-state index contributed by atoms with van der Waals surface area (Å²) in [6.45, 7) is 0. The minimum atomic E-state index is -0.127. The van der Waals surface area contributed by atoms with Crippen LogP contribution in [0.1, 0.15) is 0 Å². The van der Waals surface area contributed by atoms with Crippen molar-refractivity contribution < 1.29 is 14.6 Å². The Morgan fingerprint density at radius 2 is 1.62 bits per heavy atom. The zero-order valence-corrected chi connectivity index (χ0v) is 10.7. The van der Waals surface area contributed by atoms with Crippen LogP contribution in [0, 0.1) is 10.4 Å². The van der Waals surface area contributed by atoms with Gasteiger partial charge < -0.3 is 15.5 Å². The molecule has 0 amide bonds. The number of hydrogen-bond acceptors (Lipinski definition) is 4. The number of benzene rings is 2. The Morgan fingerprint density at radius 1 is 0.905 bits per heavy atom. The van der Waals surface area contributed by atoms with E-state index in [9.17, 15) is 15.5 Å². The lowest BCUT2D eigenvalue weighted by molar-refractivity contribution is -0.590. The van der Waals surface area contributed by atoms with Gasteiger partial charge in [-0.15, -0.1) is 0 Å². The summed E-state index contributed by atoms with van der Waals surface area (Å²) >= 11 is 0. The predicted octanol–water partition coefficient (Wildman–Crippen LogP) is 1.51. The fraction of sp³-hybridized carbons (Fsp3) is 0. The third-order valence-electron chi connectivity index (χ3n) is 3.56. The van der Waals surface area contributed by atoms with E-state index in [1.807, 2.05) is 0 Å². The highest BCUT2D eigenvalue weighted by molar-refractivity contribution is 6.03. The first-order valence-corrected chi connectivity index (χ1v) is 6.33. The minimum absolute atomic E-state index is 0.113. The largest absolute Gasteiger partial charge is 0.617 e. The summed E-state index contributed by atoms with van der Waals surface area (Å²) in [6, 6.07) is 11.1. The zero-order chi connectivity index (χ0) is 14.6. The SMILES string of the molecule is [O-][n+]1c2ccccc2[n+]([O-])c2c3cccnc3c(O)cc21. The first-order chi connectivity index (χ1) is 10.2. The van der Waals surface area contributed by atoms with E-state index in [1.54, 1.807) is 36.4 Å². The molecular weight excluding hydrogens is 270 g/mol. The van der Waals surface area contributed by atoms with Gasteiger partial charge in [0.25, 0.3) is 22.1 Å². The summed E-state index contributed by atoms with van der Waals surface area (Å²) < 4.78 is 1.37. The van der Waals surface area contributed by atoms with E-state index in [0.717, 1.165) is 0 Å². The second-order valence-electron chi connectivity index (χ2n) is 4.74. The van der Waals surface area contributed by atoms with Crippen LogP contribution >= 0.6 is 0 Å². The molecule has 4 rings (SSSR count). The number of hydrogen-bond donors (Lipinski definition) is 1. The fourth-order valence-corrected chi connectivity index (χ4v) is 2.63. The van der Waals surface area contributed by atoms with Gasteiger partial charge in [0, 0.05) is 18.3 Å². The molecule has 0 aliphatic heterocycles. The molecule has 102 valence electrons. The van der Waals surface area contributed by atoms with Crippen LogP contribution in [0.15, 0.2) is 48.7 Å². The molecule has 2 heterocycles. The molecule has 0 atom stereocenters. The van der Waals surface area contributed by atoms with Crippen molar-refractivity contribution in [3.8, 4) is 5.75 Å². The summed E-state index contributed by atoms with van der Waals surface area (Å²) in [5, 5.41) is 35.6. The van der Waals surface area contributed by atoms with E-state index >= 15 is 0 Å². The molecule has 0 saturated heterocycles. The molecule has 0 spiro atoms. The third-order valence-corrected chi connectivity index (χ3v) is 3.56. The summed E-state index contributed by atoms with van der Waals surface area (Å²) in [5.41, 5.74) is 1.13. The van der Waals surface area contributed by atoms with Gasteiger partial charge in [-0.3, -0.25) is 4.98 Å². The highest BCUT2D eigenvalue weighted by Gasteiger charge is 2.25. The van der Waals surface area contributed by atoms with Crippen LogP contribution in [-0.2, 0) is 0 Å². The number of para-hydroxylation sites is 2. The van der Waals surface area contributed by atoms with E-state index < -0.39 is 0 Å². The van der Waals surface area contributed by atoms with Gasteiger partial charge in [0.1, 0.15) is 11.3 Å². The van der Waals surface area contributed by atoms with Crippen LogP contribution in [-0.4, -0.2) is 10.1 Å². The van der Waals surface area contributed by atoms with Crippen molar-refractivity contribution in [3.63, 3.8) is 0 Å². The van der Waals surface area contributed by atoms with Gasteiger partial charge in [-0.25, -0.2) is 0 Å². The van der Waals surface area contributed by atoms with Crippen molar-refractivity contribution in [2.24, 2.45) is 0 Å². The number of aromatic nitrogens is 3. The fourth-order valence-electron chi connectivity index (χ4n) is 2.63. The van der Waals surface area contributed by atoms with Crippen LogP contribution in [0.25, 0.3) is 33.0 Å². The number of fused-ring (bicyclic) bond motifs is 4. The number of aromatic hydroxyl groups is 1. The number of nitrogens with zero attached hydrogens (tertiary/aromatic N) is 3. The first kappa shape index (κ1) is 11.7. The van der Waals surface area contributed by atoms with Crippen LogP contribution < -0.4 is 9.46 Å². The lowest BCUT2D eigenvalue weighted by Gasteiger charge is -2.09. The van der Waals surface area contributed by atoms with Crippen molar-refractivity contribution in [1.29, 1.82) is 0 Å². The van der Waals surface area contributed by atoms with Crippen LogP contribution in [0.5, 0.6) is 5.75 Å². The van der Waals surface area contributed by atoms with Gasteiger partial charge in [-0.2, -0.15) is 9.46 Å². The summed E-state index contributed by atoms with van der Waals surface area (Å²) in [5.74, 6) is -0.127. The van der Waals surface area contributed by atoms with E-state index in [-0.39, 0.29) is 27.8 Å². The Kier molecular flexibility index (Phi) is 2.18. The molecule has 1 N–H and O–H groups in total. The van der Waals surface area contributed by atoms with Crippen LogP contribution in [0.2, 0.25) is 0 Å². The molecule has 0 aliphatic rings. The molecule has 0 bridgehead atoms. The third kappa shape index (κ3) is 1.44. The molecule has 21 heavy (non-hydrogen) atoms. The Morgan fingerprint density at radius 3 is 2.38 bits per heavy atom. The molecule has 6 heteroatoms. The maximum absolute atomic E-state index is 12.6. The smallest absolute Gasteiger partial charge is 0.300 e. The van der Waals surface area contributed by atoms with Gasteiger partial charge in [0.2, 0.25) is 0 Å². The molecular formula is C15H9N3O3. The molecule has 6 nitrogen and oxygen atoms in total. The second kappa shape index (κ2) is 3.92. The Hall–Kier alpha value is -3.15. The quantitative estimate of drug-likeness (QED) is 0.229. The second-order valence-corrected chi connectivity index (χ2v) is 4.74. The van der Waals surface area contributed by atoms with Crippen LogP contribution in [0.4, 0.5) is 0 Å². The lowest BCUT2D eigenvalue weighted by Crippen LogP contribution is -2.39. The number of rotatable bonds is 0. The number of pyridine rings is 1. The van der Waals surface area contributed by atoms with E-state index in [0.29, 0.717) is 20.4 Å². The summed E-state index contributed by atoms with van der Waals surface area (Å²) in [4.78, 5) is 4.07. The Labute approximate surface area is 118 Å². The van der Waals surface area contributed by atoms with E-state index in [4.69, 9.17) is 0 Å². The maximum atomic E-state index is 12.6. The molecule has 0 radical (unpaired) electrons. The maximum Gasteiger partial charge on any atom is 0.300 e. The first-order valence-electron chi connectivity index (χ1n) is 6.33. The molecule has 4 aromatic rings. The van der Waals surface area contributed by atoms with Crippen molar-refractivity contribution in [3.05, 3.63) is 59.1 Å². The highest BCUT2D eigenvalue weighted by atomic mass is 16.5. The summed E-state index contributed by atoms with van der Waals surface area (Å²) in [6.07, 6.45) is 1.52.